The smallest absolute Gasteiger partial charge is 0.266 e. The summed E-state index contributed by atoms with van der Waals surface area (Å²) in [5.74, 6) is 0.900. The van der Waals surface area contributed by atoms with E-state index in [1.165, 1.54) is 11.8 Å². The lowest BCUT2D eigenvalue weighted by atomic mass is 10.1. The van der Waals surface area contributed by atoms with Gasteiger partial charge in [0.05, 0.1) is 29.7 Å². The maximum atomic E-state index is 12.8. The molecule has 1 fully saturated rings. The molecule has 1 aliphatic rings. The van der Waals surface area contributed by atoms with Crippen molar-refractivity contribution < 1.29 is 14.3 Å². The number of methoxy groups -OCH3 is 1. The normalized spacial score (nSPS) is 15.6. The molecule has 1 amide bonds. The minimum Gasteiger partial charge on any atom is -0.493 e. The molecule has 7 heteroatoms. The van der Waals surface area contributed by atoms with Crippen molar-refractivity contribution in [1.82, 2.24) is 4.90 Å². The fourth-order valence-corrected chi connectivity index (χ4v) is 4.25. The van der Waals surface area contributed by atoms with Crippen LogP contribution in [0.3, 0.4) is 0 Å². The predicted octanol–water partition coefficient (Wildman–Crippen LogP) is 5.54. The van der Waals surface area contributed by atoms with Gasteiger partial charge in [0.15, 0.2) is 11.5 Å². The van der Waals surface area contributed by atoms with Crippen LogP contribution in [-0.4, -0.2) is 28.3 Å². The number of nitrogens with zero attached hydrogens (tertiary/aromatic N) is 1. The van der Waals surface area contributed by atoms with Gasteiger partial charge in [0, 0.05) is 0 Å². The Balaban J connectivity index is 1.86. The molecule has 146 valence electrons. The maximum absolute atomic E-state index is 12.8. The number of hydrogen-bond acceptors (Lipinski definition) is 5. The van der Waals surface area contributed by atoms with E-state index < -0.39 is 0 Å². The molecule has 0 aromatic heterocycles. The molecule has 1 heterocycles. The monoisotopic (exact) mass is 433 g/mol. The van der Waals surface area contributed by atoms with Crippen molar-refractivity contribution in [2.75, 3.05) is 7.11 Å². The predicted molar refractivity (Wildman–Crippen MR) is 119 cm³/mol. The SMILES string of the molecule is COc1cc(C=C2SC(=S)N(Cc3ccccc3)C2=O)cc(Cl)c1OC(C)C. The number of carbonyl (C=O) groups is 1. The Kier molecular flexibility index (Phi) is 6.65. The van der Waals surface area contributed by atoms with Crippen LogP contribution in [0.2, 0.25) is 5.02 Å². The lowest BCUT2D eigenvalue weighted by Crippen LogP contribution is -2.27. The van der Waals surface area contributed by atoms with Gasteiger partial charge in [-0.15, -0.1) is 0 Å². The van der Waals surface area contributed by atoms with Crippen LogP contribution in [0.15, 0.2) is 47.4 Å². The van der Waals surface area contributed by atoms with E-state index in [0.29, 0.717) is 32.3 Å². The van der Waals surface area contributed by atoms with E-state index in [1.807, 2.05) is 44.2 Å². The van der Waals surface area contributed by atoms with Crippen LogP contribution in [-0.2, 0) is 11.3 Å². The van der Waals surface area contributed by atoms with E-state index in [-0.39, 0.29) is 12.0 Å². The van der Waals surface area contributed by atoms with Crippen LogP contribution >= 0.6 is 35.6 Å². The molecule has 0 saturated carbocycles. The van der Waals surface area contributed by atoms with Crippen molar-refractivity contribution in [3.8, 4) is 11.5 Å². The van der Waals surface area contributed by atoms with Crippen LogP contribution in [0.5, 0.6) is 11.5 Å². The number of ether oxygens (including phenoxy) is 2. The number of carbonyl (C=O) groups excluding carboxylic acids is 1. The van der Waals surface area contributed by atoms with E-state index in [2.05, 4.69) is 0 Å². The van der Waals surface area contributed by atoms with Crippen LogP contribution in [0.4, 0.5) is 0 Å². The lowest BCUT2D eigenvalue weighted by molar-refractivity contribution is -0.122. The highest BCUT2D eigenvalue weighted by molar-refractivity contribution is 8.26. The summed E-state index contributed by atoms with van der Waals surface area (Å²) in [6.07, 6.45) is 1.74. The first-order chi connectivity index (χ1) is 13.4. The summed E-state index contributed by atoms with van der Waals surface area (Å²) in [6, 6.07) is 13.3. The molecule has 0 radical (unpaired) electrons. The van der Waals surface area contributed by atoms with Gasteiger partial charge in [-0.25, -0.2) is 0 Å². The van der Waals surface area contributed by atoms with Gasteiger partial charge in [-0.05, 0) is 43.2 Å². The molecule has 0 unspecified atom stereocenters. The number of thioether (sulfide) groups is 1. The summed E-state index contributed by atoms with van der Waals surface area (Å²) in [4.78, 5) is 15.0. The van der Waals surface area contributed by atoms with Crippen molar-refractivity contribution in [2.24, 2.45) is 0 Å². The number of benzene rings is 2. The van der Waals surface area contributed by atoms with Crippen LogP contribution in [0.25, 0.3) is 6.08 Å². The van der Waals surface area contributed by atoms with E-state index in [4.69, 9.17) is 33.3 Å². The standard InChI is InChI=1S/C21H20ClNO3S2/c1-13(2)26-19-16(22)9-15(10-17(19)25-3)11-18-20(24)23(21(27)28-18)12-14-7-5-4-6-8-14/h4-11,13H,12H2,1-3H3. The highest BCUT2D eigenvalue weighted by Crippen LogP contribution is 2.39. The first kappa shape index (κ1) is 20.7. The third-order valence-corrected chi connectivity index (χ3v) is 5.62. The molecule has 0 aliphatic carbocycles. The second-order valence-corrected chi connectivity index (χ2v) is 8.54. The van der Waals surface area contributed by atoms with Crippen molar-refractivity contribution in [3.05, 3.63) is 63.5 Å². The summed E-state index contributed by atoms with van der Waals surface area (Å²) < 4.78 is 11.7. The Labute approximate surface area is 179 Å². The fraction of sp³-hybridized carbons (Fsp3) is 0.238. The maximum Gasteiger partial charge on any atom is 0.266 e. The zero-order valence-corrected chi connectivity index (χ0v) is 18.2. The third-order valence-electron chi connectivity index (χ3n) is 3.96. The summed E-state index contributed by atoms with van der Waals surface area (Å²) in [6.45, 7) is 4.29. The average Bonchev–Trinajstić information content (AvgIpc) is 2.91. The Morgan fingerprint density at radius 1 is 1.25 bits per heavy atom. The topological polar surface area (TPSA) is 38.8 Å². The fourth-order valence-electron chi connectivity index (χ4n) is 2.73. The molecule has 2 aromatic carbocycles. The molecular weight excluding hydrogens is 414 g/mol. The summed E-state index contributed by atoms with van der Waals surface area (Å²) >= 11 is 13.1. The van der Waals surface area contributed by atoms with Gasteiger partial charge < -0.3 is 9.47 Å². The minimum atomic E-state index is -0.114. The van der Waals surface area contributed by atoms with Crippen molar-refractivity contribution in [3.63, 3.8) is 0 Å². The van der Waals surface area contributed by atoms with Gasteiger partial charge in [0.25, 0.3) is 5.91 Å². The molecule has 2 aromatic rings. The van der Waals surface area contributed by atoms with Gasteiger partial charge in [-0.2, -0.15) is 0 Å². The second-order valence-electron chi connectivity index (χ2n) is 6.45. The zero-order chi connectivity index (χ0) is 20.3. The number of amides is 1. The van der Waals surface area contributed by atoms with Crippen molar-refractivity contribution in [2.45, 2.75) is 26.5 Å². The summed E-state index contributed by atoms with van der Waals surface area (Å²) in [5.41, 5.74) is 1.78. The van der Waals surface area contributed by atoms with E-state index >= 15 is 0 Å². The molecular formula is C21H20ClNO3S2. The summed E-state index contributed by atoms with van der Waals surface area (Å²) in [7, 11) is 1.56. The Hall–Kier alpha value is -2.02. The summed E-state index contributed by atoms with van der Waals surface area (Å²) in [5, 5.41) is 0.430. The second kappa shape index (κ2) is 8.99. The van der Waals surface area contributed by atoms with Gasteiger partial charge in [-0.1, -0.05) is 65.9 Å². The molecule has 28 heavy (non-hydrogen) atoms. The van der Waals surface area contributed by atoms with Crippen molar-refractivity contribution >= 4 is 51.9 Å². The first-order valence-corrected chi connectivity index (χ1v) is 10.3. The molecule has 0 N–H and O–H groups in total. The number of rotatable bonds is 6. The average molecular weight is 434 g/mol. The third kappa shape index (κ3) is 4.69. The molecule has 0 spiro atoms. The molecule has 1 saturated heterocycles. The van der Waals surface area contributed by atoms with Crippen LogP contribution in [0, 0.1) is 0 Å². The van der Waals surface area contributed by atoms with Gasteiger partial charge in [-0.3, -0.25) is 9.69 Å². The lowest BCUT2D eigenvalue weighted by Gasteiger charge is -2.16. The number of thiocarbonyl (C=S) groups is 1. The van der Waals surface area contributed by atoms with Crippen LogP contribution < -0.4 is 9.47 Å². The molecule has 3 rings (SSSR count). The Morgan fingerprint density at radius 2 is 1.96 bits per heavy atom. The van der Waals surface area contributed by atoms with E-state index in [0.717, 1.165) is 11.1 Å². The van der Waals surface area contributed by atoms with Crippen LogP contribution in [0.1, 0.15) is 25.0 Å². The Morgan fingerprint density at radius 3 is 2.61 bits per heavy atom. The molecule has 4 nitrogen and oxygen atoms in total. The molecule has 1 aliphatic heterocycles. The van der Waals surface area contributed by atoms with Gasteiger partial charge >= 0.3 is 0 Å². The van der Waals surface area contributed by atoms with E-state index in [1.54, 1.807) is 30.2 Å². The largest absolute Gasteiger partial charge is 0.493 e. The van der Waals surface area contributed by atoms with Crippen molar-refractivity contribution in [1.29, 1.82) is 0 Å². The van der Waals surface area contributed by atoms with Gasteiger partial charge in [0.1, 0.15) is 4.32 Å². The molecule has 0 bridgehead atoms. The molecule has 0 atom stereocenters. The Bertz CT molecular complexity index is 929. The zero-order valence-electron chi connectivity index (χ0n) is 15.8. The highest BCUT2D eigenvalue weighted by Gasteiger charge is 2.32. The van der Waals surface area contributed by atoms with Gasteiger partial charge in [0.2, 0.25) is 0 Å². The highest BCUT2D eigenvalue weighted by atomic mass is 35.5. The first-order valence-electron chi connectivity index (χ1n) is 8.72. The number of halogens is 1. The number of hydrogen-bond donors (Lipinski definition) is 0. The minimum absolute atomic E-state index is 0.0357. The quantitative estimate of drug-likeness (QED) is 0.442. The van der Waals surface area contributed by atoms with E-state index in [9.17, 15) is 4.79 Å².